The number of amides is 1. The molecule has 1 fully saturated rings. The first-order valence-electron chi connectivity index (χ1n) is 7.38. The molecule has 0 aromatic rings. The molecule has 1 aliphatic heterocycles. The van der Waals surface area contributed by atoms with Crippen molar-refractivity contribution in [2.75, 3.05) is 13.1 Å². The molecule has 1 aliphatic carbocycles. The van der Waals surface area contributed by atoms with E-state index in [-0.39, 0.29) is 6.04 Å². The van der Waals surface area contributed by atoms with Crippen LogP contribution in [0.1, 0.15) is 51.9 Å². The van der Waals surface area contributed by atoms with E-state index in [2.05, 4.69) is 13.0 Å². The van der Waals surface area contributed by atoms with Crippen molar-refractivity contribution in [3.8, 4) is 0 Å². The summed E-state index contributed by atoms with van der Waals surface area (Å²) in [5.41, 5.74) is 7.17. The first kappa shape index (κ1) is 13.6. The Labute approximate surface area is 110 Å². The molecule has 2 unspecified atom stereocenters. The van der Waals surface area contributed by atoms with Gasteiger partial charge in [-0.3, -0.25) is 4.79 Å². The third kappa shape index (κ3) is 3.35. The van der Waals surface area contributed by atoms with Gasteiger partial charge in [0.2, 0.25) is 5.91 Å². The van der Waals surface area contributed by atoms with Gasteiger partial charge in [0.1, 0.15) is 0 Å². The van der Waals surface area contributed by atoms with E-state index in [1.54, 1.807) is 0 Å². The fourth-order valence-electron chi connectivity index (χ4n) is 3.16. The van der Waals surface area contributed by atoms with E-state index < -0.39 is 0 Å². The SMILES string of the molecule is CC1CCN(C(=O)CC2=CCCCC2)C(CN)C1. The van der Waals surface area contributed by atoms with Crippen molar-refractivity contribution >= 4 is 5.91 Å². The Hall–Kier alpha value is -0.830. The minimum absolute atomic E-state index is 0.269. The minimum Gasteiger partial charge on any atom is -0.338 e. The highest BCUT2D eigenvalue weighted by Crippen LogP contribution is 2.25. The van der Waals surface area contributed by atoms with Gasteiger partial charge in [0, 0.05) is 25.6 Å². The zero-order valence-electron chi connectivity index (χ0n) is 11.5. The summed E-state index contributed by atoms with van der Waals surface area (Å²) in [6.07, 6.45) is 9.89. The van der Waals surface area contributed by atoms with Crippen LogP contribution in [0.2, 0.25) is 0 Å². The number of hydrogen-bond donors (Lipinski definition) is 1. The second-order valence-electron chi connectivity index (χ2n) is 5.89. The topological polar surface area (TPSA) is 46.3 Å². The normalized spacial score (nSPS) is 29.0. The Kier molecular flexibility index (Phi) is 4.81. The van der Waals surface area contributed by atoms with E-state index in [0.29, 0.717) is 24.8 Å². The highest BCUT2D eigenvalue weighted by molar-refractivity contribution is 5.79. The largest absolute Gasteiger partial charge is 0.338 e. The van der Waals surface area contributed by atoms with Crippen LogP contribution in [0.5, 0.6) is 0 Å². The summed E-state index contributed by atoms with van der Waals surface area (Å²) in [5, 5.41) is 0. The first-order chi connectivity index (χ1) is 8.70. The fraction of sp³-hybridized carbons (Fsp3) is 0.800. The number of hydrogen-bond acceptors (Lipinski definition) is 2. The Balaban J connectivity index is 1.92. The van der Waals surface area contributed by atoms with Crippen LogP contribution in [-0.2, 0) is 4.79 Å². The zero-order chi connectivity index (χ0) is 13.0. The number of carbonyl (C=O) groups is 1. The predicted molar refractivity (Wildman–Crippen MR) is 74.1 cm³/mol. The molecule has 2 atom stereocenters. The van der Waals surface area contributed by atoms with Crippen LogP contribution in [0.4, 0.5) is 0 Å². The van der Waals surface area contributed by atoms with E-state index in [4.69, 9.17) is 5.73 Å². The highest BCUT2D eigenvalue weighted by Gasteiger charge is 2.29. The molecule has 0 spiro atoms. The fourth-order valence-corrected chi connectivity index (χ4v) is 3.16. The predicted octanol–water partition coefficient (Wildman–Crippen LogP) is 2.46. The third-order valence-electron chi connectivity index (χ3n) is 4.33. The highest BCUT2D eigenvalue weighted by atomic mass is 16.2. The maximum absolute atomic E-state index is 12.4. The Bertz CT molecular complexity index is 324. The third-order valence-corrected chi connectivity index (χ3v) is 4.33. The first-order valence-corrected chi connectivity index (χ1v) is 7.38. The number of piperidine rings is 1. The minimum atomic E-state index is 0.269. The lowest BCUT2D eigenvalue weighted by molar-refractivity contribution is -0.134. The van der Waals surface area contributed by atoms with Crippen LogP contribution in [0.15, 0.2) is 11.6 Å². The second-order valence-corrected chi connectivity index (χ2v) is 5.89. The Morgan fingerprint density at radius 3 is 3.00 bits per heavy atom. The molecule has 0 bridgehead atoms. The van der Waals surface area contributed by atoms with E-state index in [1.807, 2.05) is 4.90 Å². The van der Waals surface area contributed by atoms with E-state index in [1.165, 1.54) is 18.4 Å². The smallest absolute Gasteiger partial charge is 0.226 e. The Morgan fingerprint density at radius 1 is 1.50 bits per heavy atom. The van der Waals surface area contributed by atoms with Gasteiger partial charge in [-0.15, -0.1) is 0 Å². The number of carbonyl (C=O) groups excluding carboxylic acids is 1. The van der Waals surface area contributed by atoms with Gasteiger partial charge in [-0.2, -0.15) is 0 Å². The van der Waals surface area contributed by atoms with Gasteiger partial charge < -0.3 is 10.6 Å². The number of allylic oxidation sites excluding steroid dienone is 1. The molecule has 0 radical (unpaired) electrons. The van der Waals surface area contributed by atoms with Crippen LogP contribution in [0.3, 0.4) is 0 Å². The van der Waals surface area contributed by atoms with Crippen LogP contribution in [0, 0.1) is 5.92 Å². The molecule has 102 valence electrons. The van der Waals surface area contributed by atoms with Crippen molar-refractivity contribution in [2.45, 2.75) is 57.9 Å². The average molecular weight is 250 g/mol. The summed E-state index contributed by atoms with van der Waals surface area (Å²) in [5.74, 6) is 1.00. The standard InChI is InChI=1S/C15H26N2O/c1-12-7-8-17(14(9-12)11-16)15(18)10-13-5-3-2-4-6-13/h5,12,14H,2-4,6-11,16H2,1H3. The summed E-state index contributed by atoms with van der Waals surface area (Å²) in [6.45, 7) is 3.76. The molecule has 2 aliphatic rings. The van der Waals surface area contributed by atoms with Gasteiger partial charge in [-0.05, 0) is 44.4 Å². The van der Waals surface area contributed by atoms with Gasteiger partial charge >= 0.3 is 0 Å². The van der Waals surface area contributed by atoms with E-state index in [0.717, 1.165) is 32.2 Å². The van der Waals surface area contributed by atoms with E-state index >= 15 is 0 Å². The zero-order valence-corrected chi connectivity index (χ0v) is 11.5. The average Bonchev–Trinajstić information content (AvgIpc) is 2.39. The summed E-state index contributed by atoms with van der Waals surface area (Å²) in [6, 6.07) is 0.269. The van der Waals surface area contributed by atoms with E-state index in [9.17, 15) is 4.79 Å². The van der Waals surface area contributed by atoms with Crippen LogP contribution in [-0.4, -0.2) is 29.9 Å². The molecule has 1 saturated heterocycles. The molecule has 1 heterocycles. The Morgan fingerprint density at radius 2 is 2.33 bits per heavy atom. The number of nitrogens with zero attached hydrogens (tertiary/aromatic N) is 1. The summed E-state index contributed by atoms with van der Waals surface area (Å²) < 4.78 is 0. The number of nitrogens with two attached hydrogens (primary N) is 1. The maximum Gasteiger partial charge on any atom is 0.226 e. The molecule has 0 aromatic heterocycles. The van der Waals surface area contributed by atoms with Crippen molar-refractivity contribution in [1.82, 2.24) is 4.90 Å². The van der Waals surface area contributed by atoms with Crippen molar-refractivity contribution < 1.29 is 4.79 Å². The van der Waals surface area contributed by atoms with Crippen LogP contribution < -0.4 is 5.73 Å². The molecule has 3 heteroatoms. The number of likely N-dealkylation sites (tertiary alicyclic amines) is 1. The summed E-state index contributed by atoms with van der Waals surface area (Å²) in [7, 11) is 0. The van der Waals surface area contributed by atoms with Gasteiger partial charge in [-0.1, -0.05) is 18.6 Å². The molecule has 0 aromatic carbocycles. The molecular formula is C15H26N2O. The van der Waals surface area contributed by atoms with Crippen LogP contribution >= 0.6 is 0 Å². The van der Waals surface area contributed by atoms with Gasteiger partial charge in [0.05, 0.1) is 0 Å². The van der Waals surface area contributed by atoms with Crippen LogP contribution in [0.25, 0.3) is 0 Å². The lowest BCUT2D eigenvalue weighted by Gasteiger charge is -2.38. The lowest BCUT2D eigenvalue weighted by atomic mass is 9.91. The summed E-state index contributed by atoms with van der Waals surface area (Å²) >= 11 is 0. The van der Waals surface area contributed by atoms with Gasteiger partial charge in [0.25, 0.3) is 0 Å². The molecule has 2 rings (SSSR count). The van der Waals surface area contributed by atoms with Gasteiger partial charge in [-0.25, -0.2) is 0 Å². The molecular weight excluding hydrogens is 224 g/mol. The van der Waals surface area contributed by atoms with Crippen molar-refractivity contribution in [3.05, 3.63) is 11.6 Å². The molecule has 1 amide bonds. The second kappa shape index (κ2) is 6.37. The van der Waals surface area contributed by atoms with Crippen molar-refractivity contribution in [1.29, 1.82) is 0 Å². The van der Waals surface area contributed by atoms with Crippen molar-refractivity contribution in [2.24, 2.45) is 11.7 Å². The maximum atomic E-state index is 12.4. The molecule has 3 nitrogen and oxygen atoms in total. The molecule has 0 saturated carbocycles. The molecule has 18 heavy (non-hydrogen) atoms. The summed E-state index contributed by atoms with van der Waals surface area (Å²) in [4.78, 5) is 14.4. The quantitative estimate of drug-likeness (QED) is 0.782. The number of rotatable bonds is 3. The van der Waals surface area contributed by atoms with Gasteiger partial charge in [0.15, 0.2) is 0 Å². The van der Waals surface area contributed by atoms with Crippen molar-refractivity contribution in [3.63, 3.8) is 0 Å². The lowest BCUT2D eigenvalue weighted by Crippen LogP contribution is -2.49. The molecule has 2 N–H and O–H groups in total. The monoisotopic (exact) mass is 250 g/mol.